The second kappa shape index (κ2) is 4.34. The number of hydrogen-bond donors (Lipinski definition) is 1. The molecule has 2 rings (SSSR count). The van der Waals surface area contributed by atoms with Gasteiger partial charge in [0.25, 0.3) is 0 Å². The lowest BCUT2D eigenvalue weighted by Crippen LogP contribution is -2.03. The number of imidazole rings is 1. The third-order valence-electron chi connectivity index (χ3n) is 2.51. The fourth-order valence-electron chi connectivity index (χ4n) is 1.61. The highest BCUT2D eigenvalue weighted by Gasteiger charge is 2.01. The molecule has 0 unspecified atom stereocenters. The summed E-state index contributed by atoms with van der Waals surface area (Å²) in [5, 5.41) is 3.39. The number of nitrogens with one attached hydrogen (secondary N) is 1. The molecular weight excluding hydrogens is 186 g/mol. The summed E-state index contributed by atoms with van der Waals surface area (Å²) in [6.45, 7) is 5.29. The van der Waals surface area contributed by atoms with Gasteiger partial charge in [0.15, 0.2) is 0 Å². The van der Waals surface area contributed by atoms with Crippen molar-refractivity contribution in [2.24, 2.45) is 0 Å². The van der Waals surface area contributed by atoms with Crippen LogP contribution in [0.15, 0.2) is 24.5 Å². The maximum Gasteiger partial charge on any atom is 0.138 e. The lowest BCUT2D eigenvalue weighted by molar-refractivity contribution is 0.830. The maximum absolute atomic E-state index is 4.36. The van der Waals surface area contributed by atoms with Gasteiger partial charge in [-0.05, 0) is 31.0 Å². The van der Waals surface area contributed by atoms with Crippen LogP contribution in [-0.2, 0) is 0 Å². The minimum Gasteiger partial charge on any atom is -0.370 e. The van der Waals surface area contributed by atoms with Gasteiger partial charge in [0.05, 0.1) is 6.20 Å². The van der Waals surface area contributed by atoms with Crippen LogP contribution in [0.3, 0.4) is 0 Å². The predicted octanol–water partition coefficient (Wildman–Crippen LogP) is 2.85. The predicted molar refractivity (Wildman–Crippen MR) is 63.3 cm³/mol. The fraction of sp³-hybridized carbons (Fsp3) is 0.417. The highest BCUT2D eigenvalue weighted by Crippen LogP contribution is 2.12. The van der Waals surface area contributed by atoms with Crippen molar-refractivity contribution < 1.29 is 0 Å². The molecule has 2 heterocycles. The molecule has 0 aromatic carbocycles. The second-order valence-corrected chi connectivity index (χ2v) is 3.86. The van der Waals surface area contributed by atoms with Gasteiger partial charge in [-0.2, -0.15) is 0 Å². The van der Waals surface area contributed by atoms with Crippen LogP contribution in [0.25, 0.3) is 5.65 Å². The molecule has 0 aliphatic carbocycles. The SMILES string of the molecule is CCCCNc1cnc2cc(C)ccn12. The number of rotatable bonds is 4. The molecule has 3 nitrogen and oxygen atoms in total. The highest BCUT2D eigenvalue weighted by atomic mass is 15.1. The Labute approximate surface area is 90.1 Å². The van der Waals surface area contributed by atoms with Crippen molar-refractivity contribution in [3.05, 3.63) is 30.1 Å². The molecule has 0 saturated carbocycles. The van der Waals surface area contributed by atoms with Crippen molar-refractivity contribution in [1.29, 1.82) is 0 Å². The molecule has 0 aliphatic heterocycles. The van der Waals surface area contributed by atoms with E-state index in [-0.39, 0.29) is 0 Å². The van der Waals surface area contributed by atoms with E-state index in [1.807, 2.05) is 6.20 Å². The van der Waals surface area contributed by atoms with Gasteiger partial charge >= 0.3 is 0 Å². The fourth-order valence-corrected chi connectivity index (χ4v) is 1.61. The van der Waals surface area contributed by atoms with Crippen LogP contribution >= 0.6 is 0 Å². The summed E-state index contributed by atoms with van der Waals surface area (Å²) in [5.74, 6) is 1.08. The molecule has 0 spiro atoms. The molecule has 0 saturated heterocycles. The highest BCUT2D eigenvalue weighted by molar-refractivity contribution is 5.51. The van der Waals surface area contributed by atoms with E-state index in [1.165, 1.54) is 18.4 Å². The monoisotopic (exact) mass is 203 g/mol. The molecule has 15 heavy (non-hydrogen) atoms. The van der Waals surface area contributed by atoms with Gasteiger partial charge in [-0.25, -0.2) is 4.98 Å². The molecular formula is C12H17N3. The van der Waals surface area contributed by atoms with Crippen molar-refractivity contribution >= 4 is 11.5 Å². The Morgan fingerprint density at radius 2 is 2.33 bits per heavy atom. The topological polar surface area (TPSA) is 29.3 Å². The Balaban J connectivity index is 2.21. The number of nitrogens with zero attached hydrogens (tertiary/aromatic N) is 2. The largest absolute Gasteiger partial charge is 0.370 e. The van der Waals surface area contributed by atoms with Gasteiger partial charge in [-0.1, -0.05) is 13.3 Å². The third-order valence-corrected chi connectivity index (χ3v) is 2.51. The van der Waals surface area contributed by atoms with Crippen LogP contribution in [0.2, 0.25) is 0 Å². The first-order valence-electron chi connectivity index (χ1n) is 5.49. The van der Waals surface area contributed by atoms with Gasteiger partial charge in [0.1, 0.15) is 11.5 Å². The van der Waals surface area contributed by atoms with E-state index in [0.717, 1.165) is 18.0 Å². The summed E-state index contributed by atoms with van der Waals surface area (Å²) in [6.07, 6.45) is 6.36. The van der Waals surface area contributed by atoms with Gasteiger partial charge < -0.3 is 5.32 Å². The molecule has 3 heteroatoms. The molecule has 0 amide bonds. The first kappa shape index (κ1) is 10.0. The minimum absolute atomic E-state index is 1.01. The van der Waals surface area contributed by atoms with E-state index >= 15 is 0 Å². The average molecular weight is 203 g/mol. The van der Waals surface area contributed by atoms with Gasteiger partial charge in [0.2, 0.25) is 0 Å². The van der Waals surface area contributed by atoms with Crippen LogP contribution in [0.4, 0.5) is 5.82 Å². The smallest absolute Gasteiger partial charge is 0.138 e. The number of aryl methyl sites for hydroxylation is 1. The minimum atomic E-state index is 1.01. The van der Waals surface area contributed by atoms with Crippen molar-refractivity contribution in [1.82, 2.24) is 9.38 Å². The number of pyridine rings is 1. The van der Waals surface area contributed by atoms with E-state index in [0.29, 0.717) is 0 Å². The van der Waals surface area contributed by atoms with Gasteiger partial charge in [-0.15, -0.1) is 0 Å². The number of hydrogen-bond acceptors (Lipinski definition) is 2. The summed E-state index contributed by atoms with van der Waals surface area (Å²) in [5.41, 5.74) is 2.25. The van der Waals surface area contributed by atoms with Crippen LogP contribution in [-0.4, -0.2) is 15.9 Å². The Hall–Kier alpha value is -1.51. The lowest BCUT2D eigenvalue weighted by Gasteiger charge is -2.04. The van der Waals surface area contributed by atoms with E-state index < -0.39 is 0 Å². The zero-order valence-electron chi connectivity index (χ0n) is 9.33. The maximum atomic E-state index is 4.36. The first-order valence-corrected chi connectivity index (χ1v) is 5.49. The molecule has 80 valence electrons. The number of anilines is 1. The van der Waals surface area contributed by atoms with E-state index in [4.69, 9.17) is 0 Å². The van der Waals surface area contributed by atoms with Crippen LogP contribution in [0.1, 0.15) is 25.3 Å². The summed E-state index contributed by atoms with van der Waals surface area (Å²) in [4.78, 5) is 4.36. The quantitative estimate of drug-likeness (QED) is 0.774. The van der Waals surface area contributed by atoms with E-state index in [1.54, 1.807) is 0 Å². The first-order chi connectivity index (χ1) is 7.31. The molecule has 0 fully saturated rings. The Morgan fingerprint density at radius 1 is 1.47 bits per heavy atom. The third kappa shape index (κ3) is 2.12. The zero-order valence-corrected chi connectivity index (χ0v) is 9.33. The Bertz CT molecular complexity index is 445. The van der Waals surface area contributed by atoms with Crippen molar-refractivity contribution in [2.45, 2.75) is 26.7 Å². The van der Waals surface area contributed by atoms with Crippen molar-refractivity contribution in [3.8, 4) is 0 Å². The second-order valence-electron chi connectivity index (χ2n) is 3.86. The normalized spacial score (nSPS) is 10.8. The van der Waals surface area contributed by atoms with Crippen LogP contribution < -0.4 is 5.32 Å². The summed E-state index contributed by atoms with van der Waals surface area (Å²) < 4.78 is 2.09. The van der Waals surface area contributed by atoms with Crippen molar-refractivity contribution in [2.75, 3.05) is 11.9 Å². The van der Waals surface area contributed by atoms with Gasteiger partial charge in [-0.3, -0.25) is 4.40 Å². The van der Waals surface area contributed by atoms with Crippen LogP contribution in [0, 0.1) is 6.92 Å². The van der Waals surface area contributed by atoms with Gasteiger partial charge in [0, 0.05) is 12.7 Å². The van der Waals surface area contributed by atoms with E-state index in [9.17, 15) is 0 Å². The summed E-state index contributed by atoms with van der Waals surface area (Å²) in [6, 6.07) is 4.19. The molecule has 2 aromatic heterocycles. The zero-order chi connectivity index (χ0) is 10.7. The van der Waals surface area contributed by atoms with Crippen LogP contribution in [0.5, 0.6) is 0 Å². The molecule has 0 atom stereocenters. The van der Waals surface area contributed by atoms with Crippen molar-refractivity contribution in [3.63, 3.8) is 0 Å². The molecule has 0 radical (unpaired) electrons. The molecule has 2 aromatic rings. The standard InChI is InChI=1S/C12H17N3/c1-3-4-6-13-12-9-14-11-8-10(2)5-7-15(11)12/h5,7-9,13H,3-4,6H2,1-2H3. The Morgan fingerprint density at radius 3 is 3.13 bits per heavy atom. The number of unbranched alkanes of at least 4 members (excludes halogenated alkanes) is 1. The average Bonchev–Trinajstić information content (AvgIpc) is 2.61. The lowest BCUT2D eigenvalue weighted by atomic mass is 10.3. The molecule has 0 bridgehead atoms. The Kier molecular flexibility index (Phi) is 2.90. The summed E-state index contributed by atoms with van der Waals surface area (Å²) in [7, 11) is 0. The van der Waals surface area contributed by atoms with E-state index in [2.05, 4.69) is 46.9 Å². The molecule has 1 N–H and O–H groups in total. The number of fused-ring (bicyclic) bond motifs is 1. The summed E-state index contributed by atoms with van der Waals surface area (Å²) >= 11 is 0. The number of aromatic nitrogens is 2. The molecule has 0 aliphatic rings.